The lowest BCUT2D eigenvalue weighted by Gasteiger charge is -2.41. The normalized spacial score (nSPS) is 21.2. The van der Waals surface area contributed by atoms with Gasteiger partial charge in [0, 0.05) is 18.0 Å². The van der Waals surface area contributed by atoms with Crippen LogP contribution in [0.4, 0.5) is 0 Å². The summed E-state index contributed by atoms with van der Waals surface area (Å²) in [7, 11) is 0. The van der Waals surface area contributed by atoms with Crippen LogP contribution < -0.4 is 10.5 Å². The summed E-state index contributed by atoms with van der Waals surface area (Å²) in [4.78, 5) is 0. The summed E-state index contributed by atoms with van der Waals surface area (Å²) in [6, 6.07) is 6.48. The Labute approximate surface area is 111 Å². The molecule has 1 heterocycles. The second-order valence-corrected chi connectivity index (χ2v) is 5.64. The molecule has 0 saturated carbocycles. The smallest absolute Gasteiger partial charge is 0.124 e. The zero-order valence-electron chi connectivity index (χ0n) is 11.8. The van der Waals surface area contributed by atoms with Gasteiger partial charge in [-0.2, -0.15) is 0 Å². The molecule has 1 atom stereocenters. The maximum absolute atomic E-state index is 6.37. The first kappa shape index (κ1) is 13.4. The first-order valence-corrected chi connectivity index (χ1v) is 7.15. The Morgan fingerprint density at radius 2 is 1.94 bits per heavy atom. The molecule has 0 spiro atoms. The van der Waals surface area contributed by atoms with Crippen LogP contribution in [0.3, 0.4) is 0 Å². The van der Waals surface area contributed by atoms with Crippen molar-refractivity contribution >= 4 is 0 Å². The van der Waals surface area contributed by atoms with Gasteiger partial charge in [-0.3, -0.25) is 0 Å². The molecule has 0 unspecified atom stereocenters. The fraction of sp³-hybridized carbons (Fsp3) is 0.625. The van der Waals surface area contributed by atoms with Crippen molar-refractivity contribution < 1.29 is 4.74 Å². The number of hydrogen-bond acceptors (Lipinski definition) is 2. The van der Waals surface area contributed by atoms with Crippen LogP contribution in [0.25, 0.3) is 0 Å². The summed E-state index contributed by atoms with van der Waals surface area (Å²) in [5.41, 5.74) is 8.77. The molecule has 2 rings (SSSR count). The van der Waals surface area contributed by atoms with Crippen LogP contribution in [0.1, 0.15) is 63.1 Å². The molecule has 0 amide bonds. The summed E-state index contributed by atoms with van der Waals surface area (Å²) in [5, 5.41) is 0. The first-order valence-electron chi connectivity index (χ1n) is 7.15. The Morgan fingerprint density at radius 1 is 1.28 bits per heavy atom. The number of ether oxygens (including phenoxy) is 1. The van der Waals surface area contributed by atoms with Crippen LogP contribution in [0, 0.1) is 6.92 Å². The van der Waals surface area contributed by atoms with Crippen molar-refractivity contribution in [1.82, 2.24) is 0 Å². The van der Waals surface area contributed by atoms with Crippen LogP contribution in [-0.4, -0.2) is 5.60 Å². The molecule has 0 bridgehead atoms. The summed E-state index contributed by atoms with van der Waals surface area (Å²) in [6.45, 7) is 6.54. The van der Waals surface area contributed by atoms with Crippen molar-refractivity contribution in [2.75, 3.05) is 0 Å². The van der Waals surface area contributed by atoms with Crippen LogP contribution in [0.15, 0.2) is 18.2 Å². The van der Waals surface area contributed by atoms with E-state index in [4.69, 9.17) is 10.5 Å². The van der Waals surface area contributed by atoms with E-state index >= 15 is 0 Å². The minimum Gasteiger partial charge on any atom is -0.487 e. The predicted octanol–water partition coefficient (Wildman–Crippen LogP) is 4.12. The van der Waals surface area contributed by atoms with Crippen LogP contribution in [0.5, 0.6) is 5.75 Å². The largest absolute Gasteiger partial charge is 0.487 e. The van der Waals surface area contributed by atoms with Gasteiger partial charge in [-0.15, -0.1) is 0 Å². The lowest BCUT2D eigenvalue weighted by atomic mass is 9.81. The predicted molar refractivity (Wildman–Crippen MR) is 75.9 cm³/mol. The average molecular weight is 247 g/mol. The highest BCUT2D eigenvalue weighted by Crippen LogP contribution is 2.43. The van der Waals surface area contributed by atoms with E-state index in [-0.39, 0.29) is 11.6 Å². The van der Waals surface area contributed by atoms with E-state index in [0.29, 0.717) is 0 Å². The third-order valence-electron chi connectivity index (χ3n) is 3.89. The molecular weight excluding hydrogens is 222 g/mol. The second kappa shape index (κ2) is 5.31. The Kier molecular flexibility index (Phi) is 3.96. The zero-order chi connectivity index (χ0) is 13.2. The zero-order valence-corrected chi connectivity index (χ0v) is 11.8. The Bertz CT molecular complexity index is 408. The van der Waals surface area contributed by atoms with Crippen molar-refractivity contribution in [2.24, 2.45) is 5.73 Å². The van der Waals surface area contributed by atoms with E-state index in [0.717, 1.165) is 37.9 Å². The third-order valence-corrected chi connectivity index (χ3v) is 3.89. The van der Waals surface area contributed by atoms with Gasteiger partial charge in [-0.05, 0) is 25.8 Å². The maximum Gasteiger partial charge on any atom is 0.124 e. The van der Waals surface area contributed by atoms with Gasteiger partial charge in [-0.1, -0.05) is 44.4 Å². The molecule has 0 aromatic heterocycles. The number of rotatable bonds is 4. The molecule has 1 aromatic carbocycles. The van der Waals surface area contributed by atoms with Crippen molar-refractivity contribution in [1.29, 1.82) is 0 Å². The SMILES string of the molecule is CCCC1(CCC)C[C@@H](N)c2cc(C)ccc2O1. The fourth-order valence-electron chi connectivity index (χ4n) is 3.18. The number of aryl methyl sites for hydroxylation is 1. The van der Waals surface area contributed by atoms with Gasteiger partial charge >= 0.3 is 0 Å². The minimum atomic E-state index is -0.0365. The average Bonchev–Trinajstić information content (AvgIpc) is 2.31. The maximum atomic E-state index is 6.37. The number of fused-ring (bicyclic) bond motifs is 1. The van der Waals surface area contributed by atoms with Gasteiger partial charge in [-0.25, -0.2) is 0 Å². The molecule has 0 fully saturated rings. The van der Waals surface area contributed by atoms with E-state index in [9.17, 15) is 0 Å². The Hall–Kier alpha value is -1.02. The molecule has 2 nitrogen and oxygen atoms in total. The topological polar surface area (TPSA) is 35.2 Å². The minimum absolute atomic E-state index is 0.0365. The standard InChI is InChI=1S/C16H25NO/c1-4-8-16(9-5-2)11-14(17)13-10-12(3)6-7-15(13)18-16/h6-7,10,14H,4-5,8-9,11,17H2,1-3H3/t14-/m1/s1. The molecule has 18 heavy (non-hydrogen) atoms. The molecule has 1 aliphatic heterocycles. The summed E-state index contributed by atoms with van der Waals surface area (Å²) in [6.07, 6.45) is 5.44. The fourth-order valence-corrected chi connectivity index (χ4v) is 3.18. The lowest BCUT2D eigenvalue weighted by molar-refractivity contribution is 0.0179. The molecule has 1 aromatic rings. The van der Waals surface area contributed by atoms with Gasteiger partial charge in [0.05, 0.1) is 0 Å². The summed E-state index contributed by atoms with van der Waals surface area (Å²) in [5.74, 6) is 1.00. The van der Waals surface area contributed by atoms with Crippen molar-refractivity contribution in [3.05, 3.63) is 29.3 Å². The van der Waals surface area contributed by atoms with Gasteiger partial charge in [0.25, 0.3) is 0 Å². The Morgan fingerprint density at radius 3 is 2.56 bits per heavy atom. The Balaban J connectivity index is 2.32. The molecular formula is C16H25NO. The third kappa shape index (κ3) is 2.54. The van der Waals surface area contributed by atoms with Gasteiger partial charge in [0.15, 0.2) is 0 Å². The quantitative estimate of drug-likeness (QED) is 0.868. The highest BCUT2D eigenvalue weighted by Gasteiger charge is 2.38. The highest BCUT2D eigenvalue weighted by molar-refractivity contribution is 5.41. The lowest BCUT2D eigenvalue weighted by Crippen LogP contribution is -2.42. The van der Waals surface area contributed by atoms with Gasteiger partial charge < -0.3 is 10.5 Å². The van der Waals surface area contributed by atoms with Gasteiger partial charge in [0.1, 0.15) is 11.4 Å². The highest BCUT2D eigenvalue weighted by atomic mass is 16.5. The van der Waals surface area contributed by atoms with Crippen molar-refractivity contribution in [3.63, 3.8) is 0 Å². The molecule has 2 heteroatoms. The molecule has 2 N–H and O–H groups in total. The molecule has 1 aliphatic rings. The molecule has 100 valence electrons. The number of benzene rings is 1. The molecule has 0 aliphatic carbocycles. The first-order chi connectivity index (χ1) is 8.60. The number of nitrogens with two attached hydrogens (primary N) is 1. The van der Waals surface area contributed by atoms with E-state index in [1.165, 1.54) is 11.1 Å². The van der Waals surface area contributed by atoms with Crippen molar-refractivity contribution in [2.45, 2.75) is 64.5 Å². The summed E-state index contributed by atoms with van der Waals surface area (Å²) < 4.78 is 6.35. The van der Waals surface area contributed by atoms with E-state index in [1.54, 1.807) is 0 Å². The van der Waals surface area contributed by atoms with Crippen LogP contribution in [-0.2, 0) is 0 Å². The van der Waals surface area contributed by atoms with Crippen molar-refractivity contribution in [3.8, 4) is 5.75 Å². The molecule has 0 saturated heterocycles. The number of hydrogen-bond donors (Lipinski definition) is 1. The van der Waals surface area contributed by atoms with E-state index in [2.05, 4.69) is 39.0 Å². The summed E-state index contributed by atoms with van der Waals surface area (Å²) >= 11 is 0. The molecule has 0 radical (unpaired) electrons. The monoisotopic (exact) mass is 247 g/mol. The second-order valence-electron chi connectivity index (χ2n) is 5.64. The van der Waals surface area contributed by atoms with Crippen LogP contribution >= 0.6 is 0 Å². The van der Waals surface area contributed by atoms with E-state index in [1.807, 2.05) is 0 Å². The van der Waals surface area contributed by atoms with Crippen LogP contribution in [0.2, 0.25) is 0 Å². The van der Waals surface area contributed by atoms with Gasteiger partial charge in [0.2, 0.25) is 0 Å². The van der Waals surface area contributed by atoms with E-state index < -0.39 is 0 Å².